The lowest BCUT2D eigenvalue weighted by molar-refractivity contribution is 0.102. The van der Waals surface area contributed by atoms with E-state index in [9.17, 15) is 4.79 Å². The quantitative estimate of drug-likeness (QED) is 0.680. The molecule has 23 heavy (non-hydrogen) atoms. The maximum absolute atomic E-state index is 12.3. The highest BCUT2D eigenvalue weighted by Gasteiger charge is 2.11. The summed E-state index contributed by atoms with van der Waals surface area (Å²) >= 11 is 4.99. The average molecular weight is 387 g/mol. The number of hydrogen-bond donors (Lipinski definition) is 1. The Morgan fingerprint density at radius 2 is 1.91 bits per heavy atom. The second-order valence-corrected chi connectivity index (χ2v) is 6.89. The zero-order chi connectivity index (χ0) is 16.2. The minimum Gasteiger partial charge on any atom is -0.298 e. The lowest BCUT2D eigenvalue weighted by atomic mass is 10.1. The molecule has 0 atom stereocenters. The van der Waals surface area contributed by atoms with Crippen molar-refractivity contribution in [3.05, 3.63) is 80.8 Å². The van der Waals surface area contributed by atoms with Crippen LogP contribution in [0.15, 0.2) is 58.4 Å². The van der Waals surface area contributed by atoms with Gasteiger partial charge in [-0.2, -0.15) is 0 Å². The van der Waals surface area contributed by atoms with E-state index in [1.165, 1.54) is 16.9 Å². The first-order valence-electron chi connectivity index (χ1n) is 7.18. The fourth-order valence-electron chi connectivity index (χ4n) is 2.27. The van der Waals surface area contributed by atoms with Crippen molar-refractivity contribution in [1.29, 1.82) is 0 Å². The molecule has 0 spiro atoms. The molecule has 3 aromatic rings. The molecule has 116 valence electrons. The molecule has 0 radical (unpaired) electrons. The molecule has 5 heteroatoms. The van der Waals surface area contributed by atoms with Gasteiger partial charge in [0, 0.05) is 21.8 Å². The minimum absolute atomic E-state index is 0.120. The van der Waals surface area contributed by atoms with Gasteiger partial charge < -0.3 is 0 Å². The summed E-state index contributed by atoms with van der Waals surface area (Å²) in [6, 6.07) is 15.6. The van der Waals surface area contributed by atoms with Gasteiger partial charge in [-0.15, -0.1) is 11.3 Å². The normalized spacial score (nSPS) is 10.5. The smallest absolute Gasteiger partial charge is 0.257 e. The van der Waals surface area contributed by atoms with Crippen LogP contribution in [-0.2, 0) is 6.42 Å². The van der Waals surface area contributed by atoms with Crippen molar-refractivity contribution in [1.82, 2.24) is 4.98 Å². The molecule has 1 heterocycles. The Morgan fingerprint density at radius 3 is 2.70 bits per heavy atom. The highest BCUT2D eigenvalue weighted by atomic mass is 79.9. The van der Waals surface area contributed by atoms with Crippen LogP contribution in [0.2, 0.25) is 0 Å². The Morgan fingerprint density at radius 1 is 1.17 bits per heavy atom. The molecule has 0 aliphatic carbocycles. The van der Waals surface area contributed by atoms with Gasteiger partial charge in [-0.1, -0.05) is 52.3 Å². The van der Waals surface area contributed by atoms with E-state index in [-0.39, 0.29) is 5.91 Å². The number of nitrogens with one attached hydrogen (secondary N) is 1. The number of nitrogens with zero attached hydrogens (tertiary/aromatic N) is 1. The average Bonchev–Trinajstić information content (AvgIpc) is 2.97. The largest absolute Gasteiger partial charge is 0.298 e. The number of thiazole rings is 1. The molecular weight excluding hydrogens is 372 g/mol. The van der Waals surface area contributed by atoms with Crippen LogP contribution in [0.3, 0.4) is 0 Å². The van der Waals surface area contributed by atoms with Crippen molar-refractivity contribution in [3.8, 4) is 0 Å². The molecule has 3 nitrogen and oxygen atoms in total. The molecule has 0 aliphatic rings. The van der Waals surface area contributed by atoms with Crippen molar-refractivity contribution < 1.29 is 4.79 Å². The van der Waals surface area contributed by atoms with Crippen LogP contribution in [0.5, 0.6) is 0 Å². The summed E-state index contributed by atoms with van der Waals surface area (Å²) in [4.78, 5) is 16.8. The van der Waals surface area contributed by atoms with E-state index in [4.69, 9.17) is 0 Å². The van der Waals surface area contributed by atoms with Crippen molar-refractivity contribution in [2.45, 2.75) is 13.3 Å². The highest BCUT2D eigenvalue weighted by molar-refractivity contribution is 9.10. The molecule has 1 aromatic heterocycles. The Balaban J connectivity index is 1.72. The summed E-state index contributed by atoms with van der Waals surface area (Å²) in [6.07, 6.45) is 0.734. The summed E-state index contributed by atoms with van der Waals surface area (Å²) in [6.45, 7) is 1.93. The van der Waals surface area contributed by atoms with E-state index < -0.39 is 0 Å². The van der Waals surface area contributed by atoms with Gasteiger partial charge in [0.1, 0.15) is 0 Å². The second-order valence-electron chi connectivity index (χ2n) is 5.18. The predicted molar refractivity (Wildman–Crippen MR) is 98.2 cm³/mol. The van der Waals surface area contributed by atoms with Crippen LogP contribution in [0.25, 0.3) is 0 Å². The maximum Gasteiger partial charge on any atom is 0.257 e. The SMILES string of the molecule is Cc1ccccc1C(=O)Nc1nc(Cc2ccccc2Br)cs1. The second kappa shape index (κ2) is 7.06. The number of halogens is 1. The molecular formula is C18H15BrN2OS. The molecule has 0 fully saturated rings. The van der Waals surface area contributed by atoms with Gasteiger partial charge in [0.2, 0.25) is 0 Å². The van der Waals surface area contributed by atoms with Crippen LogP contribution in [0.1, 0.15) is 27.2 Å². The number of amides is 1. The van der Waals surface area contributed by atoms with Crippen molar-refractivity contribution >= 4 is 38.3 Å². The van der Waals surface area contributed by atoms with Gasteiger partial charge in [0.25, 0.3) is 5.91 Å². The maximum atomic E-state index is 12.3. The number of rotatable bonds is 4. The lowest BCUT2D eigenvalue weighted by Gasteiger charge is -2.04. The molecule has 0 saturated heterocycles. The number of carbonyl (C=O) groups excluding carboxylic acids is 1. The molecule has 2 aromatic carbocycles. The molecule has 3 rings (SSSR count). The van der Waals surface area contributed by atoms with Gasteiger partial charge in [0.05, 0.1) is 5.69 Å². The van der Waals surface area contributed by atoms with Crippen LogP contribution < -0.4 is 5.32 Å². The highest BCUT2D eigenvalue weighted by Crippen LogP contribution is 2.23. The predicted octanol–water partition coefficient (Wildman–Crippen LogP) is 5.06. The first-order chi connectivity index (χ1) is 11.1. The van der Waals surface area contributed by atoms with Crippen molar-refractivity contribution in [3.63, 3.8) is 0 Å². The number of aromatic nitrogens is 1. The topological polar surface area (TPSA) is 42.0 Å². The molecule has 0 saturated carbocycles. The van der Waals surface area contributed by atoms with E-state index in [2.05, 4.69) is 32.3 Å². The molecule has 0 bridgehead atoms. The summed E-state index contributed by atoms with van der Waals surface area (Å²) < 4.78 is 1.07. The third-order valence-corrected chi connectivity index (χ3v) is 5.07. The monoisotopic (exact) mass is 386 g/mol. The van der Waals surface area contributed by atoms with Crippen LogP contribution in [0.4, 0.5) is 5.13 Å². The zero-order valence-electron chi connectivity index (χ0n) is 12.5. The Bertz CT molecular complexity index is 844. The number of anilines is 1. The Labute approximate surface area is 147 Å². The lowest BCUT2D eigenvalue weighted by Crippen LogP contribution is -2.13. The van der Waals surface area contributed by atoms with Gasteiger partial charge in [-0.3, -0.25) is 10.1 Å². The number of aryl methyl sites for hydroxylation is 1. The molecule has 0 unspecified atom stereocenters. The molecule has 1 amide bonds. The summed E-state index contributed by atoms with van der Waals surface area (Å²) in [7, 11) is 0. The van der Waals surface area contributed by atoms with E-state index in [0.717, 1.165) is 22.2 Å². The summed E-state index contributed by atoms with van der Waals surface area (Å²) in [5.74, 6) is -0.120. The third-order valence-electron chi connectivity index (χ3n) is 3.49. The molecule has 1 N–H and O–H groups in total. The summed E-state index contributed by atoms with van der Waals surface area (Å²) in [5.41, 5.74) is 3.75. The minimum atomic E-state index is -0.120. The van der Waals surface area contributed by atoms with Crippen LogP contribution in [0, 0.1) is 6.92 Å². The first kappa shape index (κ1) is 15.9. The standard InChI is InChI=1S/C18H15BrN2OS/c1-12-6-2-4-8-15(12)17(22)21-18-20-14(11-23-18)10-13-7-3-5-9-16(13)19/h2-9,11H,10H2,1H3,(H,20,21,22). The number of carbonyl (C=O) groups is 1. The van der Waals surface area contributed by atoms with Crippen LogP contribution >= 0.6 is 27.3 Å². The number of hydrogen-bond acceptors (Lipinski definition) is 3. The Hall–Kier alpha value is -1.98. The van der Waals surface area contributed by atoms with Gasteiger partial charge in [0.15, 0.2) is 5.13 Å². The van der Waals surface area contributed by atoms with E-state index in [1.54, 1.807) is 0 Å². The van der Waals surface area contributed by atoms with E-state index in [0.29, 0.717) is 10.7 Å². The van der Waals surface area contributed by atoms with E-state index >= 15 is 0 Å². The van der Waals surface area contributed by atoms with E-state index in [1.807, 2.05) is 54.8 Å². The number of benzene rings is 2. The van der Waals surface area contributed by atoms with Gasteiger partial charge in [-0.25, -0.2) is 4.98 Å². The fourth-order valence-corrected chi connectivity index (χ4v) is 3.40. The van der Waals surface area contributed by atoms with Crippen molar-refractivity contribution in [2.75, 3.05) is 5.32 Å². The van der Waals surface area contributed by atoms with Gasteiger partial charge >= 0.3 is 0 Å². The van der Waals surface area contributed by atoms with Gasteiger partial charge in [-0.05, 0) is 30.2 Å². The molecule has 0 aliphatic heterocycles. The first-order valence-corrected chi connectivity index (χ1v) is 8.85. The third kappa shape index (κ3) is 3.86. The van der Waals surface area contributed by atoms with Crippen LogP contribution in [-0.4, -0.2) is 10.9 Å². The summed E-state index contributed by atoms with van der Waals surface area (Å²) in [5, 5.41) is 5.48. The zero-order valence-corrected chi connectivity index (χ0v) is 14.9. The fraction of sp³-hybridized carbons (Fsp3) is 0.111. The van der Waals surface area contributed by atoms with Crippen molar-refractivity contribution in [2.24, 2.45) is 0 Å². The Kier molecular flexibility index (Phi) is 4.88.